The topological polar surface area (TPSA) is 26.3 Å². The fraction of sp³-hybridized carbons (Fsp3) is 0.526. The van der Waals surface area contributed by atoms with E-state index in [0.717, 1.165) is 6.42 Å². The zero-order chi connectivity index (χ0) is 15.1. The number of benzene rings is 1. The van der Waals surface area contributed by atoms with E-state index in [2.05, 4.69) is 37.3 Å². The number of hydrogen-bond donors (Lipinski definition) is 0. The molecule has 1 aliphatic rings. The molecule has 0 unspecified atom stereocenters. The van der Waals surface area contributed by atoms with Gasteiger partial charge in [0.05, 0.1) is 6.61 Å². The summed E-state index contributed by atoms with van der Waals surface area (Å²) in [6.07, 6.45) is 8.38. The molecule has 0 bridgehead atoms. The Labute approximate surface area is 128 Å². The zero-order valence-corrected chi connectivity index (χ0v) is 13.2. The minimum absolute atomic E-state index is 0.0808. The summed E-state index contributed by atoms with van der Waals surface area (Å²) in [5.74, 6) is 0.621. The van der Waals surface area contributed by atoms with Crippen LogP contribution in [-0.2, 0) is 9.53 Å². The summed E-state index contributed by atoms with van der Waals surface area (Å²) in [6.45, 7) is 4.46. The van der Waals surface area contributed by atoms with Gasteiger partial charge in [0.25, 0.3) is 0 Å². The molecule has 0 amide bonds. The Morgan fingerprint density at radius 2 is 1.90 bits per heavy atom. The average Bonchev–Trinajstić information content (AvgIpc) is 2.49. The molecule has 1 fully saturated rings. The van der Waals surface area contributed by atoms with E-state index in [1.165, 1.54) is 42.4 Å². The molecule has 2 nitrogen and oxygen atoms in total. The van der Waals surface area contributed by atoms with Gasteiger partial charge in [-0.3, -0.25) is 4.79 Å². The summed E-state index contributed by atoms with van der Waals surface area (Å²) in [6, 6.07) is 8.96. The van der Waals surface area contributed by atoms with Crippen LogP contribution in [0.4, 0.5) is 0 Å². The van der Waals surface area contributed by atoms with Gasteiger partial charge < -0.3 is 4.74 Å². The summed E-state index contributed by atoms with van der Waals surface area (Å²) in [7, 11) is 0. The molecule has 2 heteroatoms. The minimum atomic E-state index is -0.0808. The Kier molecular flexibility index (Phi) is 6.04. The van der Waals surface area contributed by atoms with Crippen LogP contribution in [0.2, 0.25) is 0 Å². The molecule has 1 aromatic carbocycles. The predicted molar refractivity (Wildman–Crippen MR) is 86.3 cm³/mol. The van der Waals surface area contributed by atoms with E-state index < -0.39 is 0 Å². The number of esters is 1. The number of carbonyl (C=O) groups excluding carboxylic acids is 1. The summed E-state index contributed by atoms with van der Waals surface area (Å²) in [5.41, 5.74) is 4.32. The van der Waals surface area contributed by atoms with Crippen LogP contribution in [0.1, 0.15) is 62.5 Å². The van der Waals surface area contributed by atoms with Crippen molar-refractivity contribution >= 4 is 5.97 Å². The third kappa shape index (κ3) is 5.04. The summed E-state index contributed by atoms with van der Waals surface area (Å²) in [5, 5.41) is 0. The Morgan fingerprint density at radius 3 is 2.52 bits per heavy atom. The van der Waals surface area contributed by atoms with Gasteiger partial charge in [0.1, 0.15) is 0 Å². The van der Waals surface area contributed by atoms with Crippen LogP contribution in [0, 0.1) is 6.92 Å². The standard InChI is InChI=1S/C19H26O2/c1-3-21-19(20)6-4-5-16-9-13-18(14-10-16)17-11-7-15(2)8-12-17/h5,7-8,11-12,18H,3-4,6,9-10,13-14H2,1-2H3. The molecule has 0 aromatic heterocycles. The molecule has 0 radical (unpaired) electrons. The van der Waals surface area contributed by atoms with Gasteiger partial charge in [-0.1, -0.05) is 41.5 Å². The van der Waals surface area contributed by atoms with Crippen LogP contribution < -0.4 is 0 Å². The fourth-order valence-electron chi connectivity index (χ4n) is 2.99. The molecule has 21 heavy (non-hydrogen) atoms. The summed E-state index contributed by atoms with van der Waals surface area (Å²) in [4.78, 5) is 11.3. The molecule has 1 aromatic rings. The quantitative estimate of drug-likeness (QED) is 0.567. The van der Waals surface area contributed by atoms with E-state index in [1.807, 2.05) is 6.92 Å². The van der Waals surface area contributed by atoms with Crippen molar-refractivity contribution in [1.82, 2.24) is 0 Å². The largest absolute Gasteiger partial charge is 0.466 e. The van der Waals surface area contributed by atoms with Crippen LogP contribution >= 0.6 is 0 Å². The SMILES string of the molecule is CCOC(=O)CCC=C1CCC(c2ccc(C)cc2)CC1. The van der Waals surface area contributed by atoms with Crippen molar-refractivity contribution in [3.8, 4) is 0 Å². The minimum Gasteiger partial charge on any atom is -0.466 e. The van der Waals surface area contributed by atoms with Crippen LogP contribution in [0.3, 0.4) is 0 Å². The van der Waals surface area contributed by atoms with Gasteiger partial charge in [0, 0.05) is 6.42 Å². The summed E-state index contributed by atoms with van der Waals surface area (Å²) < 4.78 is 4.95. The number of carbonyl (C=O) groups is 1. The van der Waals surface area contributed by atoms with Crippen molar-refractivity contribution in [2.45, 2.75) is 58.3 Å². The van der Waals surface area contributed by atoms with Crippen LogP contribution in [0.15, 0.2) is 35.9 Å². The van der Waals surface area contributed by atoms with Gasteiger partial charge in [-0.25, -0.2) is 0 Å². The average molecular weight is 286 g/mol. The predicted octanol–water partition coefficient (Wildman–Crippen LogP) is 4.92. The smallest absolute Gasteiger partial charge is 0.306 e. The second kappa shape index (κ2) is 8.02. The van der Waals surface area contributed by atoms with Crippen molar-refractivity contribution in [1.29, 1.82) is 0 Å². The molecule has 114 valence electrons. The normalized spacial score (nSPS) is 18.4. The third-order valence-electron chi connectivity index (χ3n) is 4.26. The van der Waals surface area contributed by atoms with E-state index >= 15 is 0 Å². The highest BCUT2D eigenvalue weighted by atomic mass is 16.5. The molecule has 0 spiro atoms. The van der Waals surface area contributed by atoms with Crippen molar-refractivity contribution in [3.05, 3.63) is 47.0 Å². The Bertz CT molecular complexity index is 475. The number of ether oxygens (including phenoxy) is 1. The molecule has 2 rings (SSSR count). The van der Waals surface area contributed by atoms with Crippen LogP contribution in [-0.4, -0.2) is 12.6 Å². The first-order valence-electron chi connectivity index (χ1n) is 8.09. The Balaban J connectivity index is 1.77. The monoisotopic (exact) mass is 286 g/mol. The number of allylic oxidation sites excluding steroid dienone is 2. The molecule has 0 aliphatic heterocycles. The van der Waals surface area contributed by atoms with Gasteiger partial charge in [0.2, 0.25) is 0 Å². The highest BCUT2D eigenvalue weighted by Crippen LogP contribution is 2.35. The van der Waals surface area contributed by atoms with Gasteiger partial charge in [-0.15, -0.1) is 0 Å². The van der Waals surface area contributed by atoms with Crippen LogP contribution in [0.5, 0.6) is 0 Å². The molecule has 1 saturated carbocycles. The molecule has 1 aliphatic carbocycles. The molecule has 0 saturated heterocycles. The van der Waals surface area contributed by atoms with Gasteiger partial charge in [-0.2, -0.15) is 0 Å². The van der Waals surface area contributed by atoms with Gasteiger partial charge in [-0.05, 0) is 57.4 Å². The third-order valence-corrected chi connectivity index (χ3v) is 4.26. The van der Waals surface area contributed by atoms with Crippen LogP contribution in [0.25, 0.3) is 0 Å². The highest BCUT2D eigenvalue weighted by molar-refractivity contribution is 5.69. The maximum absolute atomic E-state index is 11.3. The highest BCUT2D eigenvalue weighted by Gasteiger charge is 2.17. The van der Waals surface area contributed by atoms with E-state index in [4.69, 9.17) is 4.74 Å². The van der Waals surface area contributed by atoms with E-state index in [9.17, 15) is 4.79 Å². The lowest BCUT2D eigenvalue weighted by molar-refractivity contribution is -0.143. The zero-order valence-electron chi connectivity index (χ0n) is 13.2. The fourth-order valence-corrected chi connectivity index (χ4v) is 2.99. The molecule has 0 heterocycles. The summed E-state index contributed by atoms with van der Waals surface area (Å²) >= 11 is 0. The molecule has 0 atom stereocenters. The van der Waals surface area contributed by atoms with E-state index in [-0.39, 0.29) is 5.97 Å². The maximum Gasteiger partial charge on any atom is 0.306 e. The second-order valence-corrected chi connectivity index (χ2v) is 5.89. The first-order valence-corrected chi connectivity index (χ1v) is 8.09. The van der Waals surface area contributed by atoms with Gasteiger partial charge >= 0.3 is 5.97 Å². The Hall–Kier alpha value is -1.57. The molecular formula is C19H26O2. The van der Waals surface area contributed by atoms with E-state index in [1.54, 1.807) is 0 Å². The lowest BCUT2D eigenvalue weighted by Crippen LogP contribution is -2.07. The van der Waals surface area contributed by atoms with E-state index in [0.29, 0.717) is 18.9 Å². The van der Waals surface area contributed by atoms with Gasteiger partial charge in [0.15, 0.2) is 0 Å². The number of hydrogen-bond acceptors (Lipinski definition) is 2. The Morgan fingerprint density at radius 1 is 1.24 bits per heavy atom. The lowest BCUT2D eigenvalue weighted by atomic mass is 9.81. The lowest BCUT2D eigenvalue weighted by Gasteiger charge is -2.24. The first-order chi connectivity index (χ1) is 10.2. The molecular weight excluding hydrogens is 260 g/mol. The second-order valence-electron chi connectivity index (χ2n) is 5.89. The number of aryl methyl sites for hydroxylation is 1. The molecule has 0 N–H and O–H groups in total. The maximum atomic E-state index is 11.3. The van der Waals surface area contributed by atoms with Crippen molar-refractivity contribution in [2.75, 3.05) is 6.61 Å². The first kappa shape index (κ1) is 15.8. The van der Waals surface area contributed by atoms with Crippen molar-refractivity contribution in [2.24, 2.45) is 0 Å². The van der Waals surface area contributed by atoms with Crippen molar-refractivity contribution in [3.63, 3.8) is 0 Å². The number of rotatable bonds is 5. The van der Waals surface area contributed by atoms with Crippen molar-refractivity contribution < 1.29 is 9.53 Å².